The smallest absolute Gasteiger partial charge is 0.312 e. The molecule has 8 nitrogen and oxygen atoms in total. The molecule has 3 heterocycles. The molecule has 3 fully saturated rings. The number of carbonyl (C=O) groups is 3. The van der Waals surface area contributed by atoms with E-state index in [1.165, 1.54) is 0 Å². The molecule has 3 aliphatic heterocycles. The summed E-state index contributed by atoms with van der Waals surface area (Å²) in [6.07, 6.45) is 6.73. The monoisotopic (exact) mass is 462 g/mol. The Bertz CT molecular complexity index is 768. The number of rotatable bonds is 13. The van der Waals surface area contributed by atoms with Gasteiger partial charge in [-0.1, -0.05) is 12.2 Å². The molecule has 3 rings (SSSR count). The van der Waals surface area contributed by atoms with Crippen LogP contribution in [0, 0.1) is 11.8 Å². The summed E-state index contributed by atoms with van der Waals surface area (Å²) in [6, 6.07) is -0.871. The van der Waals surface area contributed by atoms with Crippen LogP contribution in [-0.4, -0.2) is 82.8 Å². The minimum atomic E-state index is -1.02. The zero-order valence-electron chi connectivity index (χ0n) is 19.9. The quantitative estimate of drug-likeness (QED) is 0.256. The number of hydrogen-bond donors (Lipinski definition) is 1. The van der Waals surface area contributed by atoms with E-state index in [1.807, 2.05) is 13.8 Å². The standard InChI is InChI=1S/C25H38N2O6/c1-5-7-10-16-32-24(31)19-18-11-12-25(33-18)20(19)22(29)27(14-8-9-15-28)21(25)23(30)26(13-6-2)17(3)4/h5-6,17-21,28H,1-2,7-16H2,3-4H3/t18-,19+,20+,21?,25?/m1/s1. The summed E-state index contributed by atoms with van der Waals surface area (Å²) < 4.78 is 11.9. The third-order valence-electron chi connectivity index (χ3n) is 7.14. The van der Waals surface area contributed by atoms with E-state index < -0.39 is 35.6 Å². The number of hydrogen-bond acceptors (Lipinski definition) is 6. The Morgan fingerprint density at radius 3 is 2.70 bits per heavy atom. The van der Waals surface area contributed by atoms with Gasteiger partial charge in [0.1, 0.15) is 11.6 Å². The van der Waals surface area contributed by atoms with Gasteiger partial charge >= 0.3 is 5.97 Å². The molecule has 0 aromatic carbocycles. The Kier molecular flexibility index (Phi) is 8.34. The predicted molar refractivity (Wildman–Crippen MR) is 123 cm³/mol. The molecule has 2 amide bonds. The third-order valence-corrected chi connectivity index (χ3v) is 7.14. The van der Waals surface area contributed by atoms with Crippen LogP contribution in [0.15, 0.2) is 25.3 Å². The molecule has 3 saturated heterocycles. The maximum absolute atomic E-state index is 13.8. The lowest BCUT2D eigenvalue weighted by molar-refractivity contribution is -0.155. The Labute approximate surface area is 196 Å². The molecule has 0 radical (unpaired) electrons. The maximum Gasteiger partial charge on any atom is 0.312 e. The molecule has 3 aliphatic rings. The summed E-state index contributed by atoms with van der Waals surface area (Å²) in [6.45, 7) is 12.3. The number of ether oxygens (including phenoxy) is 2. The second kappa shape index (κ2) is 10.8. The molecule has 0 aromatic rings. The van der Waals surface area contributed by atoms with Crippen LogP contribution in [0.3, 0.4) is 0 Å². The van der Waals surface area contributed by atoms with Crippen LogP contribution in [0.4, 0.5) is 0 Å². The third kappa shape index (κ3) is 4.60. The summed E-state index contributed by atoms with van der Waals surface area (Å²) in [7, 11) is 0. The molecule has 33 heavy (non-hydrogen) atoms. The van der Waals surface area contributed by atoms with Gasteiger partial charge in [-0.15, -0.1) is 13.2 Å². The van der Waals surface area contributed by atoms with E-state index in [0.717, 1.165) is 6.42 Å². The van der Waals surface area contributed by atoms with Gasteiger partial charge in [0.2, 0.25) is 11.8 Å². The van der Waals surface area contributed by atoms with Crippen molar-refractivity contribution in [3.05, 3.63) is 25.3 Å². The first-order valence-electron chi connectivity index (χ1n) is 12.1. The number of carbonyl (C=O) groups excluding carboxylic acids is 3. The average Bonchev–Trinajstić information content (AvgIpc) is 3.42. The van der Waals surface area contributed by atoms with Gasteiger partial charge in [0.05, 0.1) is 24.5 Å². The van der Waals surface area contributed by atoms with Crippen LogP contribution in [0.5, 0.6) is 0 Å². The summed E-state index contributed by atoms with van der Waals surface area (Å²) in [5, 5.41) is 9.23. The highest BCUT2D eigenvalue weighted by Crippen LogP contribution is 2.58. The number of allylic oxidation sites excluding steroid dienone is 1. The highest BCUT2D eigenvalue weighted by molar-refractivity contribution is 5.98. The molecule has 2 unspecified atom stereocenters. The second-order valence-corrected chi connectivity index (χ2v) is 9.49. The normalized spacial score (nSPS) is 29.9. The molecule has 8 heteroatoms. The van der Waals surface area contributed by atoms with Gasteiger partial charge in [-0.3, -0.25) is 14.4 Å². The lowest BCUT2D eigenvalue weighted by Crippen LogP contribution is -2.57. The highest BCUT2D eigenvalue weighted by Gasteiger charge is 2.75. The fraction of sp³-hybridized carbons (Fsp3) is 0.720. The van der Waals surface area contributed by atoms with E-state index in [0.29, 0.717) is 45.2 Å². The molecular weight excluding hydrogens is 424 g/mol. The summed E-state index contributed by atoms with van der Waals surface area (Å²) in [4.78, 5) is 43.9. The number of likely N-dealkylation sites (tertiary alicyclic amines) is 1. The van der Waals surface area contributed by atoms with E-state index in [9.17, 15) is 19.5 Å². The highest BCUT2D eigenvalue weighted by atomic mass is 16.6. The van der Waals surface area contributed by atoms with Gasteiger partial charge in [-0.2, -0.15) is 0 Å². The van der Waals surface area contributed by atoms with Gasteiger partial charge in [-0.25, -0.2) is 0 Å². The van der Waals surface area contributed by atoms with Crippen molar-refractivity contribution in [3.63, 3.8) is 0 Å². The van der Waals surface area contributed by atoms with Gasteiger partial charge < -0.3 is 24.4 Å². The van der Waals surface area contributed by atoms with Crippen LogP contribution < -0.4 is 0 Å². The first-order chi connectivity index (χ1) is 15.8. The molecule has 5 atom stereocenters. The number of fused-ring (bicyclic) bond motifs is 1. The molecule has 184 valence electrons. The van der Waals surface area contributed by atoms with Crippen LogP contribution in [0.25, 0.3) is 0 Å². The van der Waals surface area contributed by atoms with E-state index in [2.05, 4.69) is 13.2 Å². The van der Waals surface area contributed by atoms with E-state index in [4.69, 9.17) is 9.47 Å². The molecular formula is C25H38N2O6. The fourth-order valence-corrected chi connectivity index (χ4v) is 5.68. The van der Waals surface area contributed by atoms with Crippen molar-refractivity contribution in [2.45, 2.75) is 76.2 Å². The zero-order valence-corrected chi connectivity index (χ0v) is 19.9. The number of esters is 1. The van der Waals surface area contributed by atoms with Gasteiger partial charge in [-0.05, 0) is 52.4 Å². The fourth-order valence-electron chi connectivity index (χ4n) is 5.68. The topological polar surface area (TPSA) is 96.4 Å². The zero-order chi connectivity index (χ0) is 24.2. The van der Waals surface area contributed by atoms with Crippen LogP contribution in [0.2, 0.25) is 0 Å². The first-order valence-corrected chi connectivity index (χ1v) is 12.1. The summed E-state index contributed by atoms with van der Waals surface area (Å²) in [5.41, 5.74) is -1.02. The maximum atomic E-state index is 13.8. The minimum Gasteiger partial charge on any atom is -0.465 e. The van der Waals surface area contributed by atoms with Crippen LogP contribution in [-0.2, 0) is 23.9 Å². The number of aliphatic hydroxyl groups excluding tert-OH is 1. The van der Waals surface area contributed by atoms with Crippen LogP contribution in [0.1, 0.15) is 52.4 Å². The number of amides is 2. The Morgan fingerprint density at radius 2 is 2.06 bits per heavy atom. The SMILES string of the molecule is C=CCCCOC(=O)[C@@H]1[C@H]2C(=O)N(CCCCO)C(C(=O)N(CC=C)C(C)C)C23CC[C@H]1O3. The second-order valence-electron chi connectivity index (χ2n) is 9.49. The first kappa shape index (κ1) is 25.4. The Morgan fingerprint density at radius 1 is 1.30 bits per heavy atom. The summed E-state index contributed by atoms with van der Waals surface area (Å²) in [5.74, 6) is -2.22. The van der Waals surface area contributed by atoms with Crippen molar-refractivity contribution in [1.29, 1.82) is 0 Å². The lowest BCUT2D eigenvalue weighted by Gasteiger charge is -2.38. The van der Waals surface area contributed by atoms with Crippen molar-refractivity contribution >= 4 is 17.8 Å². The van der Waals surface area contributed by atoms with Crippen molar-refractivity contribution < 1.29 is 29.0 Å². The average molecular weight is 463 g/mol. The molecule has 1 N–H and O–H groups in total. The van der Waals surface area contributed by atoms with Gasteiger partial charge in [0.25, 0.3) is 0 Å². The van der Waals surface area contributed by atoms with Crippen molar-refractivity contribution in [2.24, 2.45) is 11.8 Å². The van der Waals surface area contributed by atoms with E-state index >= 15 is 0 Å². The Hall–Kier alpha value is -2.19. The summed E-state index contributed by atoms with van der Waals surface area (Å²) >= 11 is 0. The van der Waals surface area contributed by atoms with Gasteiger partial charge in [0.15, 0.2) is 0 Å². The van der Waals surface area contributed by atoms with E-state index in [-0.39, 0.29) is 31.1 Å². The van der Waals surface area contributed by atoms with Crippen LogP contribution >= 0.6 is 0 Å². The lowest BCUT2D eigenvalue weighted by atomic mass is 9.70. The van der Waals surface area contributed by atoms with E-state index in [1.54, 1.807) is 22.0 Å². The minimum absolute atomic E-state index is 0.0159. The van der Waals surface area contributed by atoms with Gasteiger partial charge in [0, 0.05) is 25.7 Å². The largest absolute Gasteiger partial charge is 0.465 e. The van der Waals surface area contributed by atoms with Crippen molar-refractivity contribution in [2.75, 3.05) is 26.3 Å². The number of unbranched alkanes of at least 4 members (excludes halogenated alkanes) is 2. The molecule has 0 aliphatic carbocycles. The number of aliphatic hydroxyl groups is 1. The molecule has 1 spiro atoms. The molecule has 0 aromatic heterocycles. The Balaban J connectivity index is 1.91. The van der Waals surface area contributed by atoms with Crippen molar-refractivity contribution in [1.82, 2.24) is 9.80 Å². The molecule has 2 bridgehead atoms. The number of nitrogens with zero attached hydrogens (tertiary/aromatic N) is 2. The van der Waals surface area contributed by atoms with Crippen molar-refractivity contribution in [3.8, 4) is 0 Å². The predicted octanol–water partition coefficient (Wildman–Crippen LogP) is 2.07. The molecule has 0 saturated carbocycles.